The maximum atomic E-state index is 12.3. The van der Waals surface area contributed by atoms with Gasteiger partial charge in [-0.05, 0) is 24.3 Å². The number of nitro benzene ring substituents is 1. The molecule has 0 spiro atoms. The zero-order chi connectivity index (χ0) is 17.7. The number of amides is 1. The van der Waals surface area contributed by atoms with E-state index in [0.717, 1.165) is 12.8 Å². The van der Waals surface area contributed by atoms with Crippen molar-refractivity contribution < 1.29 is 24.4 Å². The quantitative estimate of drug-likeness (QED) is 0.583. The summed E-state index contributed by atoms with van der Waals surface area (Å²) in [5.74, 6) is -1.03. The van der Waals surface area contributed by atoms with Crippen LogP contribution in [0.1, 0.15) is 38.5 Å². The van der Waals surface area contributed by atoms with E-state index in [1.807, 2.05) is 0 Å². The number of nitro groups is 1. The van der Waals surface area contributed by atoms with Crippen molar-refractivity contribution >= 4 is 23.3 Å². The van der Waals surface area contributed by atoms with Gasteiger partial charge in [-0.3, -0.25) is 19.7 Å². The summed E-state index contributed by atoms with van der Waals surface area (Å²) in [5, 5.41) is 22.5. The molecule has 130 valence electrons. The number of carboxylic acid groups (broad SMARTS) is 1. The Balaban J connectivity index is 2.11. The third kappa shape index (κ3) is 4.21. The molecule has 0 atom stereocenters. The summed E-state index contributed by atoms with van der Waals surface area (Å²) in [7, 11) is 1.36. The molecule has 24 heavy (non-hydrogen) atoms. The molecule has 0 heterocycles. The normalized spacial score (nSPS) is 15.7. The van der Waals surface area contributed by atoms with E-state index in [-0.39, 0.29) is 30.2 Å². The lowest BCUT2D eigenvalue weighted by atomic mass is 9.79. The Morgan fingerprint density at radius 3 is 2.54 bits per heavy atom. The van der Waals surface area contributed by atoms with Crippen LogP contribution in [0.25, 0.3) is 0 Å². The van der Waals surface area contributed by atoms with Crippen LogP contribution in [0.15, 0.2) is 18.2 Å². The Labute approximate surface area is 139 Å². The molecular formula is C16H20N2O6. The zero-order valence-electron chi connectivity index (χ0n) is 13.4. The van der Waals surface area contributed by atoms with Gasteiger partial charge in [0, 0.05) is 12.5 Å². The topological polar surface area (TPSA) is 119 Å². The summed E-state index contributed by atoms with van der Waals surface area (Å²) in [6.45, 7) is 0. The third-order valence-electron chi connectivity index (χ3n) is 4.40. The molecule has 1 saturated carbocycles. The van der Waals surface area contributed by atoms with Gasteiger partial charge in [-0.15, -0.1) is 0 Å². The molecule has 1 aliphatic carbocycles. The van der Waals surface area contributed by atoms with Crippen LogP contribution in [0.4, 0.5) is 11.4 Å². The zero-order valence-corrected chi connectivity index (χ0v) is 13.4. The van der Waals surface area contributed by atoms with Gasteiger partial charge in [0.2, 0.25) is 5.91 Å². The number of hydrogen-bond acceptors (Lipinski definition) is 5. The average Bonchev–Trinajstić information content (AvgIpc) is 2.94. The number of aliphatic carboxylic acids is 1. The molecule has 0 bridgehead atoms. The molecule has 0 aliphatic heterocycles. The fourth-order valence-corrected chi connectivity index (χ4v) is 3.29. The number of nitrogens with one attached hydrogen (secondary N) is 1. The number of ether oxygens (including phenoxy) is 1. The van der Waals surface area contributed by atoms with Crippen LogP contribution >= 0.6 is 0 Å². The van der Waals surface area contributed by atoms with E-state index in [0.29, 0.717) is 18.5 Å². The van der Waals surface area contributed by atoms with Crippen molar-refractivity contribution in [2.75, 3.05) is 12.4 Å². The predicted octanol–water partition coefficient (Wildman–Crippen LogP) is 2.97. The molecule has 1 aromatic carbocycles. The van der Waals surface area contributed by atoms with Crippen LogP contribution in [-0.4, -0.2) is 29.0 Å². The fraction of sp³-hybridized carbons (Fsp3) is 0.500. The fourth-order valence-electron chi connectivity index (χ4n) is 3.29. The highest BCUT2D eigenvalue weighted by Gasteiger charge is 2.38. The molecule has 1 fully saturated rings. The highest BCUT2D eigenvalue weighted by molar-refractivity contribution is 5.93. The van der Waals surface area contributed by atoms with Crippen LogP contribution in [0.5, 0.6) is 5.75 Å². The monoisotopic (exact) mass is 336 g/mol. The molecule has 0 radical (unpaired) electrons. The lowest BCUT2D eigenvalue weighted by molar-refractivity contribution is -0.384. The molecule has 0 saturated heterocycles. The smallest absolute Gasteiger partial charge is 0.303 e. The molecule has 1 amide bonds. The first kappa shape index (κ1) is 17.7. The molecule has 1 aromatic rings. The predicted molar refractivity (Wildman–Crippen MR) is 86.0 cm³/mol. The number of hydrogen-bond donors (Lipinski definition) is 2. The third-order valence-corrected chi connectivity index (χ3v) is 4.40. The maximum absolute atomic E-state index is 12.3. The largest absolute Gasteiger partial charge is 0.494 e. The van der Waals surface area contributed by atoms with Crippen LogP contribution in [0.3, 0.4) is 0 Å². The minimum Gasteiger partial charge on any atom is -0.494 e. The van der Waals surface area contributed by atoms with E-state index in [1.54, 1.807) is 0 Å². The number of carbonyl (C=O) groups excluding carboxylic acids is 1. The SMILES string of the molecule is COc1cc([N+](=O)[O-])ccc1NC(=O)CC1(CC(=O)O)CCCC1. The number of benzene rings is 1. The Morgan fingerprint density at radius 2 is 2.00 bits per heavy atom. The van der Waals surface area contributed by atoms with Gasteiger partial charge >= 0.3 is 5.97 Å². The second kappa shape index (κ2) is 7.29. The Morgan fingerprint density at radius 1 is 1.33 bits per heavy atom. The molecule has 1 aliphatic rings. The minimum absolute atomic E-state index is 0.0299. The van der Waals surface area contributed by atoms with E-state index in [1.165, 1.54) is 25.3 Å². The van der Waals surface area contributed by atoms with E-state index in [4.69, 9.17) is 9.84 Å². The number of nitrogens with zero attached hydrogens (tertiary/aromatic N) is 1. The number of carbonyl (C=O) groups is 2. The van der Waals surface area contributed by atoms with Gasteiger partial charge in [-0.1, -0.05) is 12.8 Å². The standard InChI is InChI=1S/C16H20N2O6/c1-24-13-8-11(18(22)23)4-5-12(13)17-14(19)9-16(10-15(20)21)6-2-3-7-16/h4-5,8H,2-3,6-7,9-10H2,1H3,(H,17,19)(H,20,21). The van der Waals surface area contributed by atoms with Crippen molar-refractivity contribution in [3.8, 4) is 5.75 Å². The van der Waals surface area contributed by atoms with Crippen LogP contribution in [0, 0.1) is 15.5 Å². The molecule has 2 rings (SSSR count). The number of anilines is 1. The van der Waals surface area contributed by atoms with Crippen LogP contribution in [-0.2, 0) is 9.59 Å². The number of non-ortho nitro benzene ring substituents is 1. The number of rotatable bonds is 7. The van der Waals surface area contributed by atoms with Gasteiger partial charge in [0.05, 0.1) is 30.2 Å². The van der Waals surface area contributed by atoms with Gasteiger partial charge in [0.15, 0.2) is 0 Å². The van der Waals surface area contributed by atoms with Crippen LogP contribution in [0.2, 0.25) is 0 Å². The van der Waals surface area contributed by atoms with E-state index < -0.39 is 16.3 Å². The van der Waals surface area contributed by atoms with Gasteiger partial charge < -0.3 is 15.2 Å². The van der Waals surface area contributed by atoms with Gasteiger partial charge in [-0.2, -0.15) is 0 Å². The lowest BCUT2D eigenvalue weighted by Crippen LogP contribution is -2.27. The van der Waals surface area contributed by atoms with Crippen molar-refractivity contribution in [3.05, 3.63) is 28.3 Å². The summed E-state index contributed by atoms with van der Waals surface area (Å²) < 4.78 is 5.08. The van der Waals surface area contributed by atoms with Crippen molar-refractivity contribution in [2.45, 2.75) is 38.5 Å². The Kier molecular flexibility index (Phi) is 5.38. The van der Waals surface area contributed by atoms with Crippen molar-refractivity contribution in [3.63, 3.8) is 0 Å². The molecule has 0 unspecified atom stereocenters. The summed E-state index contributed by atoms with van der Waals surface area (Å²) in [6.07, 6.45) is 3.34. The minimum atomic E-state index is -0.905. The first-order valence-corrected chi connectivity index (χ1v) is 7.69. The Hall–Kier alpha value is -2.64. The number of methoxy groups -OCH3 is 1. The second-order valence-corrected chi connectivity index (χ2v) is 6.14. The van der Waals surface area contributed by atoms with Crippen molar-refractivity contribution in [2.24, 2.45) is 5.41 Å². The van der Waals surface area contributed by atoms with Gasteiger partial charge in [0.25, 0.3) is 5.69 Å². The molecule has 0 aromatic heterocycles. The first-order chi connectivity index (χ1) is 11.3. The summed E-state index contributed by atoms with van der Waals surface area (Å²) in [6, 6.07) is 3.92. The summed E-state index contributed by atoms with van der Waals surface area (Å²) in [4.78, 5) is 33.7. The molecule has 8 nitrogen and oxygen atoms in total. The first-order valence-electron chi connectivity index (χ1n) is 7.69. The Bertz CT molecular complexity index is 652. The number of carboxylic acids is 1. The highest BCUT2D eigenvalue weighted by atomic mass is 16.6. The van der Waals surface area contributed by atoms with Crippen molar-refractivity contribution in [1.82, 2.24) is 0 Å². The van der Waals surface area contributed by atoms with Gasteiger partial charge in [-0.25, -0.2) is 0 Å². The van der Waals surface area contributed by atoms with E-state index in [2.05, 4.69) is 5.32 Å². The average molecular weight is 336 g/mol. The molecular weight excluding hydrogens is 316 g/mol. The summed E-state index contributed by atoms with van der Waals surface area (Å²) in [5.41, 5.74) is -0.316. The molecule has 2 N–H and O–H groups in total. The molecule has 8 heteroatoms. The van der Waals surface area contributed by atoms with Crippen molar-refractivity contribution in [1.29, 1.82) is 0 Å². The summed E-state index contributed by atoms with van der Waals surface area (Å²) >= 11 is 0. The highest BCUT2D eigenvalue weighted by Crippen LogP contribution is 2.44. The van der Waals surface area contributed by atoms with E-state index >= 15 is 0 Å². The second-order valence-electron chi connectivity index (χ2n) is 6.14. The van der Waals surface area contributed by atoms with Crippen LogP contribution < -0.4 is 10.1 Å². The lowest BCUT2D eigenvalue weighted by Gasteiger charge is -2.26. The maximum Gasteiger partial charge on any atom is 0.303 e. The van der Waals surface area contributed by atoms with E-state index in [9.17, 15) is 19.7 Å². The van der Waals surface area contributed by atoms with Gasteiger partial charge in [0.1, 0.15) is 5.75 Å².